The number of aliphatic hydroxyl groups is 1. The molecule has 0 spiro atoms. The summed E-state index contributed by atoms with van der Waals surface area (Å²) in [7, 11) is 3.86. The fraction of sp³-hybridized carbons (Fsp3) is 0.647. The maximum absolute atomic E-state index is 10.4. The van der Waals surface area contributed by atoms with Gasteiger partial charge in [0.05, 0.1) is 32.4 Å². The summed E-state index contributed by atoms with van der Waals surface area (Å²) in [6.07, 6.45) is 1.40. The highest BCUT2D eigenvalue weighted by Gasteiger charge is 2.37. The van der Waals surface area contributed by atoms with Gasteiger partial charge < -0.3 is 24.2 Å². The molecular formula is C17H26NO4+. The van der Waals surface area contributed by atoms with E-state index in [2.05, 4.69) is 27.0 Å². The molecule has 0 aromatic heterocycles. The number of aliphatic hydroxyl groups excluding tert-OH is 1. The number of ether oxygens (including phenoxy) is 3. The van der Waals surface area contributed by atoms with E-state index in [0.717, 1.165) is 30.9 Å². The molecule has 0 radical (unpaired) electrons. The monoisotopic (exact) mass is 308 g/mol. The minimum absolute atomic E-state index is 0.214. The van der Waals surface area contributed by atoms with Gasteiger partial charge in [0.15, 0.2) is 11.5 Å². The average molecular weight is 308 g/mol. The number of hydrogen-bond acceptors (Lipinski definition) is 4. The van der Waals surface area contributed by atoms with E-state index in [0.29, 0.717) is 5.75 Å². The molecule has 2 heterocycles. The first kappa shape index (κ1) is 15.4. The third-order valence-corrected chi connectivity index (χ3v) is 4.93. The molecule has 0 amide bonds. The molecule has 5 heteroatoms. The first-order chi connectivity index (χ1) is 10.5. The van der Waals surface area contributed by atoms with Gasteiger partial charge in [-0.15, -0.1) is 0 Å². The van der Waals surface area contributed by atoms with Crippen molar-refractivity contribution in [1.29, 1.82) is 0 Å². The summed E-state index contributed by atoms with van der Waals surface area (Å²) in [5.74, 6) is 2.52. The number of benzene rings is 1. The van der Waals surface area contributed by atoms with Crippen molar-refractivity contribution in [3.05, 3.63) is 17.2 Å². The molecule has 22 heavy (non-hydrogen) atoms. The molecule has 0 saturated heterocycles. The van der Waals surface area contributed by atoms with Crippen LogP contribution in [0.15, 0.2) is 6.07 Å². The van der Waals surface area contributed by atoms with Gasteiger partial charge in [-0.05, 0) is 17.5 Å². The molecule has 5 nitrogen and oxygen atoms in total. The van der Waals surface area contributed by atoms with Crippen LogP contribution in [0.5, 0.6) is 17.2 Å². The molecule has 0 aliphatic carbocycles. The highest BCUT2D eigenvalue weighted by molar-refractivity contribution is 5.61. The number of quaternary nitrogens is 1. The molecule has 1 aromatic carbocycles. The van der Waals surface area contributed by atoms with E-state index in [9.17, 15) is 5.11 Å². The van der Waals surface area contributed by atoms with Gasteiger partial charge in [-0.3, -0.25) is 0 Å². The lowest BCUT2D eigenvalue weighted by Gasteiger charge is -2.34. The van der Waals surface area contributed by atoms with Gasteiger partial charge in [0.25, 0.3) is 0 Å². The SMILES string of the molecule is COc1c2c(cc3c1[C@@H](C[C@H](O)C(C)C)[NH+](C)CC3)OCO2. The minimum atomic E-state index is -0.318. The van der Waals surface area contributed by atoms with Crippen molar-refractivity contribution in [3.8, 4) is 17.2 Å². The van der Waals surface area contributed by atoms with Crippen LogP contribution >= 0.6 is 0 Å². The van der Waals surface area contributed by atoms with E-state index in [-0.39, 0.29) is 24.9 Å². The van der Waals surface area contributed by atoms with Gasteiger partial charge >= 0.3 is 0 Å². The van der Waals surface area contributed by atoms with Crippen molar-refractivity contribution in [1.82, 2.24) is 0 Å². The summed E-state index contributed by atoms with van der Waals surface area (Å²) in [6, 6.07) is 2.30. The second kappa shape index (κ2) is 5.97. The van der Waals surface area contributed by atoms with E-state index < -0.39 is 0 Å². The Morgan fingerprint density at radius 1 is 1.41 bits per heavy atom. The predicted octanol–water partition coefficient (Wildman–Crippen LogP) is 0.943. The molecular weight excluding hydrogens is 282 g/mol. The van der Waals surface area contributed by atoms with Crippen molar-refractivity contribution in [3.63, 3.8) is 0 Å². The largest absolute Gasteiger partial charge is 0.492 e. The zero-order valence-corrected chi connectivity index (χ0v) is 13.8. The first-order valence-corrected chi connectivity index (χ1v) is 8.02. The zero-order chi connectivity index (χ0) is 15.9. The Morgan fingerprint density at radius 3 is 2.86 bits per heavy atom. The molecule has 0 fully saturated rings. The summed E-state index contributed by atoms with van der Waals surface area (Å²) < 4.78 is 16.8. The van der Waals surface area contributed by atoms with Gasteiger partial charge in [-0.1, -0.05) is 13.8 Å². The number of rotatable bonds is 4. The second-order valence-electron chi connectivity index (χ2n) is 6.66. The van der Waals surface area contributed by atoms with Crippen LogP contribution in [0.3, 0.4) is 0 Å². The molecule has 3 atom stereocenters. The first-order valence-electron chi connectivity index (χ1n) is 8.02. The maximum atomic E-state index is 10.4. The Hall–Kier alpha value is -1.46. The molecule has 3 rings (SSSR count). The Bertz CT molecular complexity index is 558. The predicted molar refractivity (Wildman–Crippen MR) is 82.8 cm³/mol. The molecule has 1 unspecified atom stereocenters. The van der Waals surface area contributed by atoms with Crippen LogP contribution in [0.2, 0.25) is 0 Å². The Kier molecular flexibility index (Phi) is 4.19. The lowest BCUT2D eigenvalue weighted by molar-refractivity contribution is -0.915. The highest BCUT2D eigenvalue weighted by Crippen LogP contribution is 2.48. The zero-order valence-electron chi connectivity index (χ0n) is 13.8. The number of hydrogen-bond donors (Lipinski definition) is 2. The molecule has 2 N–H and O–H groups in total. The third-order valence-electron chi connectivity index (χ3n) is 4.93. The second-order valence-corrected chi connectivity index (χ2v) is 6.66. The quantitative estimate of drug-likeness (QED) is 0.869. The van der Waals surface area contributed by atoms with Gasteiger partial charge in [-0.2, -0.15) is 0 Å². The van der Waals surface area contributed by atoms with E-state index >= 15 is 0 Å². The lowest BCUT2D eigenvalue weighted by Crippen LogP contribution is -3.10. The van der Waals surface area contributed by atoms with Crippen molar-refractivity contribution >= 4 is 0 Å². The molecule has 122 valence electrons. The number of fused-ring (bicyclic) bond motifs is 2. The Morgan fingerprint density at radius 2 is 2.18 bits per heavy atom. The Balaban J connectivity index is 2.04. The van der Waals surface area contributed by atoms with Crippen LogP contribution < -0.4 is 19.1 Å². The van der Waals surface area contributed by atoms with Gasteiger partial charge in [0, 0.05) is 12.8 Å². The van der Waals surface area contributed by atoms with E-state index in [1.165, 1.54) is 16.0 Å². The topological polar surface area (TPSA) is 52.4 Å². The third kappa shape index (κ3) is 2.52. The van der Waals surface area contributed by atoms with Gasteiger partial charge in [-0.25, -0.2) is 0 Å². The van der Waals surface area contributed by atoms with Crippen molar-refractivity contribution in [2.75, 3.05) is 27.5 Å². The van der Waals surface area contributed by atoms with Crippen LogP contribution in [0.25, 0.3) is 0 Å². The average Bonchev–Trinajstić information content (AvgIpc) is 2.95. The molecule has 1 aromatic rings. The standard InChI is InChI=1S/C17H25NO4/c1-10(2)13(19)8-12-15-11(5-6-18(12)3)7-14-16(17(15)20-4)22-9-21-14/h7,10,12-13,19H,5-6,8-9H2,1-4H3/p+1/t12-,13+/m1/s1. The fourth-order valence-electron chi connectivity index (χ4n) is 3.45. The van der Waals surface area contributed by atoms with E-state index in [1.807, 2.05) is 0 Å². The van der Waals surface area contributed by atoms with Crippen LogP contribution in [0.4, 0.5) is 0 Å². The van der Waals surface area contributed by atoms with Crippen LogP contribution in [-0.4, -0.2) is 38.7 Å². The summed E-state index contributed by atoms with van der Waals surface area (Å²) in [5, 5.41) is 10.4. The van der Waals surface area contributed by atoms with E-state index in [4.69, 9.17) is 14.2 Å². The lowest BCUT2D eigenvalue weighted by atomic mass is 9.86. The maximum Gasteiger partial charge on any atom is 0.231 e. The minimum Gasteiger partial charge on any atom is -0.492 e. The molecule has 2 aliphatic rings. The molecule has 2 aliphatic heterocycles. The van der Waals surface area contributed by atoms with Crippen molar-refractivity contribution in [2.45, 2.75) is 38.8 Å². The summed E-state index contributed by atoms with van der Waals surface area (Å²) in [6.45, 7) is 5.41. The number of nitrogens with one attached hydrogen (secondary N) is 1. The summed E-state index contributed by atoms with van der Waals surface area (Å²) in [4.78, 5) is 1.41. The number of likely N-dealkylation sites (N-methyl/N-ethyl adjacent to an activating group) is 1. The van der Waals surface area contributed by atoms with Gasteiger partial charge in [0.1, 0.15) is 6.04 Å². The highest BCUT2D eigenvalue weighted by atomic mass is 16.7. The summed E-state index contributed by atoms with van der Waals surface area (Å²) in [5.41, 5.74) is 2.43. The normalized spacial score (nSPS) is 24.3. The number of methoxy groups -OCH3 is 1. The van der Waals surface area contributed by atoms with Crippen molar-refractivity contribution < 1.29 is 24.2 Å². The summed E-state index contributed by atoms with van der Waals surface area (Å²) >= 11 is 0. The van der Waals surface area contributed by atoms with Gasteiger partial charge in [0.2, 0.25) is 12.5 Å². The fourth-order valence-corrected chi connectivity index (χ4v) is 3.45. The van der Waals surface area contributed by atoms with Crippen molar-refractivity contribution in [2.24, 2.45) is 5.92 Å². The molecule has 0 bridgehead atoms. The van der Waals surface area contributed by atoms with Crippen LogP contribution in [0, 0.1) is 5.92 Å². The van der Waals surface area contributed by atoms with E-state index in [1.54, 1.807) is 7.11 Å². The van der Waals surface area contributed by atoms with Crippen LogP contribution in [0.1, 0.15) is 37.4 Å². The smallest absolute Gasteiger partial charge is 0.231 e. The Labute approximate surface area is 131 Å². The van der Waals surface area contributed by atoms with Crippen LogP contribution in [-0.2, 0) is 6.42 Å². The molecule has 0 saturated carbocycles.